The van der Waals surface area contributed by atoms with Gasteiger partial charge in [0.25, 0.3) is 0 Å². The molecule has 0 atom stereocenters. The normalized spacial score (nSPS) is 10.7. The molecule has 0 saturated heterocycles. The van der Waals surface area contributed by atoms with Crippen LogP contribution in [0, 0.1) is 0 Å². The minimum Gasteiger partial charge on any atom is -0.508 e. The SMILES string of the molecule is Oc1ccc(C[n+]2ccc3ccccc3c2)cc1. The Morgan fingerprint density at radius 2 is 1.56 bits per heavy atom. The summed E-state index contributed by atoms with van der Waals surface area (Å²) in [6, 6.07) is 17.8. The van der Waals surface area contributed by atoms with E-state index in [1.54, 1.807) is 12.1 Å². The fourth-order valence-corrected chi connectivity index (χ4v) is 2.09. The Bertz CT molecular complexity index is 674. The molecule has 0 fully saturated rings. The lowest BCUT2D eigenvalue weighted by atomic mass is 10.1. The molecular weight excluding hydrogens is 222 g/mol. The number of aromatic nitrogens is 1. The number of phenols is 1. The molecule has 0 spiro atoms. The third-order valence-electron chi connectivity index (χ3n) is 3.05. The topological polar surface area (TPSA) is 24.1 Å². The summed E-state index contributed by atoms with van der Waals surface area (Å²) in [5, 5.41) is 11.7. The largest absolute Gasteiger partial charge is 0.508 e. The van der Waals surface area contributed by atoms with Gasteiger partial charge in [0, 0.05) is 17.0 Å². The van der Waals surface area contributed by atoms with Crippen LogP contribution < -0.4 is 4.57 Å². The van der Waals surface area contributed by atoms with Gasteiger partial charge in [0.2, 0.25) is 0 Å². The summed E-state index contributed by atoms with van der Waals surface area (Å²) in [5.41, 5.74) is 1.17. The quantitative estimate of drug-likeness (QED) is 0.680. The number of hydrogen-bond acceptors (Lipinski definition) is 1. The van der Waals surface area contributed by atoms with Gasteiger partial charge in [-0.2, -0.15) is 0 Å². The molecule has 0 radical (unpaired) electrons. The van der Waals surface area contributed by atoms with E-state index in [0.29, 0.717) is 5.75 Å². The van der Waals surface area contributed by atoms with Crippen LogP contribution >= 0.6 is 0 Å². The number of rotatable bonds is 2. The van der Waals surface area contributed by atoms with Gasteiger partial charge < -0.3 is 5.11 Å². The summed E-state index contributed by atoms with van der Waals surface area (Å²) >= 11 is 0. The smallest absolute Gasteiger partial charge is 0.176 e. The van der Waals surface area contributed by atoms with Crippen molar-refractivity contribution in [2.75, 3.05) is 0 Å². The van der Waals surface area contributed by atoms with Crippen LogP contribution in [0.3, 0.4) is 0 Å². The van der Waals surface area contributed by atoms with Crippen LogP contribution in [0.15, 0.2) is 67.0 Å². The third kappa shape index (κ3) is 2.18. The fourth-order valence-electron chi connectivity index (χ4n) is 2.09. The first-order chi connectivity index (χ1) is 8.81. The van der Waals surface area contributed by atoms with E-state index in [4.69, 9.17) is 0 Å². The van der Waals surface area contributed by atoms with E-state index in [1.807, 2.05) is 24.3 Å². The molecule has 2 aromatic carbocycles. The monoisotopic (exact) mass is 236 g/mol. The molecule has 0 unspecified atom stereocenters. The van der Waals surface area contributed by atoms with E-state index >= 15 is 0 Å². The molecule has 1 aromatic heterocycles. The molecule has 0 aliphatic heterocycles. The van der Waals surface area contributed by atoms with E-state index < -0.39 is 0 Å². The summed E-state index contributed by atoms with van der Waals surface area (Å²) in [7, 11) is 0. The van der Waals surface area contributed by atoms with Gasteiger partial charge in [-0.3, -0.25) is 0 Å². The Hall–Kier alpha value is -2.35. The Morgan fingerprint density at radius 1 is 0.833 bits per heavy atom. The maximum atomic E-state index is 9.26. The second-order valence-corrected chi connectivity index (χ2v) is 4.41. The number of aromatic hydroxyl groups is 1. The second-order valence-electron chi connectivity index (χ2n) is 4.41. The molecule has 2 heteroatoms. The van der Waals surface area contributed by atoms with Crippen molar-refractivity contribution < 1.29 is 9.67 Å². The Labute approximate surface area is 106 Å². The average Bonchev–Trinajstić information content (AvgIpc) is 2.41. The molecule has 0 bridgehead atoms. The molecule has 0 saturated carbocycles. The maximum Gasteiger partial charge on any atom is 0.176 e. The van der Waals surface area contributed by atoms with Crippen LogP contribution in [0.5, 0.6) is 5.75 Å². The van der Waals surface area contributed by atoms with Crippen molar-refractivity contribution in [2.45, 2.75) is 6.54 Å². The number of nitrogens with zero attached hydrogens (tertiary/aromatic N) is 1. The van der Waals surface area contributed by atoms with Gasteiger partial charge >= 0.3 is 0 Å². The Balaban J connectivity index is 1.92. The van der Waals surface area contributed by atoms with Gasteiger partial charge in [-0.15, -0.1) is 0 Å². The summed E-state index contributed by atoms with van der Waals surface area (Å²) < 4.78 is 2.15. The second kappa shape index (κ2) is 4.49. The van der Waals surface area contributed by atoms with Crippen LogP contribution in [0.4, 0.5) is 0 Å². The van der Waals surface area contributed by atoms with Gasteiger partial charge in [-0.25, -0.2) is 4.57 Å². The number of benzene rings is 2. The van der Waals surface area contributed by atoms with Crippen molar-refractivity contribution in [1.29, 1.82) is 0 Å². The molecule has 1 heterocycles. The molecule has 0 aliphatic rings. The zero-order valence-electron chi connectivity index (χ0n) is 9.95. The van der Waals surface area contributed by atoms with Crippen LogP contribution in [0.25, 0.3) is 10.8 Å². The van der Waals surface area contributed by atoms with Crippen molar-refractivity contribution in [1.82, 2.24) is 0 Å². The van der Waals surface area contributed by atoms with Crippen molar-refractivity contribution in [3.63, 3.8) is 0 Å². The van der Waals surface area contributed by atoms with Crippen molar-refractivity contribution in [2.24, 2.45) is 0 Å². The van der Waals surface area contributed by atoms with Crippen LogP contribution in [-0.2, 0) is 6.54 Å². The Morgan fingerprint density at radius 3 is 2.33 bits per heavy atom. The highest BCUT2D eigenvalue weighted by atomic mass is 16.3. The molecule has 0 aliphatic carbocycles. The number of fused-ring (bicyclic) bond motifs is 1. The van der Waals surface area contributed by atoms with Crippen LogP contribution in [0.1, 0.15) is 5.56 Å². The number of hydrogen-bond donors (Lipinski definition) is 1. The minimum atomic E-state index is 0.308. The minimum absolute atomic E-state index is 0.308. The summed E-state index contributed by atoms with van der Waals surface area (Å²) in [4.78, 5) is 0. The highest BCUT2D eigenvalue weighted by Crippen LogP contribution is 2.11. The van der Waals surface area contributed by atoms with Gasteiger partial charge in [-0.1, -0.05) is 18.2 Å². The molecule has 1 N–H and O–H groups in total. The Kier molecular flexibility index (Phi) is 2.69. The molecule has 3 rings (SSSR count). The lowest BCUT2D eigenvalue weighted by molar-refractivity contribution is -0.687. The first kappa shape index (κ1) is 10.8. The van der Waals surface area contributed by atoms with E-state index in [0.717, 1.165) is 6.54 Å². The lowest BCUT2D eigenvalue weighted by Gasteiger charge is -2.00. The number of phenolic OH excluding ortho intramolecular Hbond substituents is 1. The summed E-state index contributed by atoms with van der Waals surface area (Å²) in [6.45, 7) is 0.811. The molecular formula is C16H14NO+. The van der Waals surface area contributed by atoms with E-state index in [9.17, 15) is 5.11 Å². The molecule has 3 aromatic rings. The highest BCUT2D eigenvalue weighted by Gasteiger charge is 2.04. The average molecular weight is 236 g/mol. The predicted octanol–water partition coefficient (Wildman–Crippen LogP) is 2.88. The summed E-state index contributed by atoms with van der Waals surface area (Å²) in [5.74, 6) is 0.308. The van der Waals surface area contributed by atoms with Gasteiger partial charge in [0.15, 0.2) is 18.9 Å². The van der Waals surface area contributed by atoms with Crippen molar-refractivity contribution >= 4 is 10.8 Å². The predicted molar refractivity (Wildman–Crippen MR) is 71.4 cm³/mol. The lowest BCUT2D eigenvalue weighted by Crippen LogP contribution is -2.33. The van der Waals surface area contributed by atoms with Crippen LogP contribution in [0.2, 0.25) is 0 Å². The van der Waals surface area contributed by atoms with Crippen molar-refractivity contribution in [3.8, 4) is 5.75 Å². The van der Waals surface area contributed by atoms with Crippen LogP contribution in [-0.4, -0.2) is 5.11 Å². The molecule has 18 heavy (non-hydrogen) atoms. The maximum absolute atomic E-state index is 9.26. The summed E-state index contributed by atoms with van der Waals surface area (Å²) in [6.07, 6.45) is 4.22. The van der Waals surface area contributed by atoms with Gasteiger partial charge in [-0.05, 0) is 35.7 Å². The highest BCUT2D eigenvalue weighted by molar-refractivity contribution is 5.80. The van der Waals surface area contributed by atoms with Gasteiger partial charge in [0.1, 0.15) is 5.75 Å². The first-order valence-electron chi connectivity index (χ1n) is 5.97. The number of pyridine rings is 1. The molecule has 2 nitrogen and oxygen atoms in total. The van der Waals surface area contributed by atoms with Gasteiger partial charge in [0.05, 0.1) is 0 Å². The first-order valence-corrected chi connectivity index (χ1v) is 5.97. The zero-order chi connectivity index (χ0) is 12.4. The third-order valence-corrected chi connectivity index (χ3v) is 3.05. The van der Waals surface area contributed by atoms with E-state index in [1.165, 1.54) is 16.3 Å². The molecule has 0 amide bonds. The fraction of sp³-hybridized carbons (Fsp3) is 0.0625. The van der Waals surface area contributed by atoms with E-state index in [2.05, 4.69) is 35.2 Å². The molecule has 88 valence electrons. The standard InChI is InChI=1S/C16H13NO/c18-16-7-5-13(6-8-16)11-17-10-9-14-3-1-2-4-15(14)12-17/h1-10,12H,11H2/p+1. The van der Waals surface area contributed by atoms with E-state index in [-0.39, 0.29) is 0 Å². The van der Waals surface area contributed by atoms with Crippen molar-refractivity contribution in [3.05, 3.63) is 72.6 Å². The zero-order valence-corrected chi connectivity index (χ0v) is 9.95.